The molecule has 1 aromatic rings. The molecule has 3 rings (SSSR count). The summed E-state index contributed by atoms with van der Waals surface area (Å²) in [7, 11) is 0. The van der Waals surface area contributed by atoms with Gasteiger partial charge < -0.3 is 14.2 Å². The average molecular weight is 321 g/mol. The normalized spacial score (nSPS) is 30.5. The third-order valence-electron chi connectivity index (χ3n) is 4.00. The molecule has 23 heavy (non-hydrogen) atoms. The maximum Gasteiger partial charge on any atom is 0.304 e. The minimum absolute atomic E-state index is 0.0265. The van der Waals surface area contributed by atoms with Gasteiger partial charge >= 0.3 is 5.97 Å². The molecule has 0 saturated carbocycles. The van der Waals surface area contributed by atoms with Gasteiger partial charge in [-0.2, -0.15) is 5.06 Å². The Kier molecular flexibility index (Phi) is 4.68. The summed E-state index contributed by atoms with van der Waals surface area (Å²) in [4.78, 5) is 17.0. The Bertz CT molecular complexity index is 547. The average Bonchev–Trinajstić information content (AvgIpc) is 3.02. The van der Waals surface area contributed by atoms with Crippen molar-refractivity contribution in [2.45, 2.75) is 58.0 Å². The highest BCUT2D eigenvalue weighted by molar-refractivity contribution is 5.66. The molecule has 6 nitrogen and oxygen atoms in total. The van der Waals surface area contributed by atoms with E-state index in [-0.39, 0.29) is 18.1 Å². The molecule has 0 unspecified atom stereocenters. The van der Waals surface area contributed by atoms with E-state index in [0.29, 0.717) is 19.6 Å². The summed E-state index contributed by atoms with van der Waals surface area (Å²) in [6.45, 7) is 6.28. The van der Waals surface area contributed by atoms with Crippen LogP contribution in [-0.2, 0) is 30.4 Å². The van der Waals surface area contributed by atoms with E-state index < -0.39 is 12.1 Å². The fourth-order valence-corrected chi connectivity index (χ4v) is 3.00. The third-order valence-corrected chi connectivity index (χ3v) is 4.00. The lowest BCUT2D eigenvalue weighted by Crippen LogP contribution is -2.40. The smallest absolute Gasteiger partial charge is 0.304 e. The summed E-state index contributed by atoms with van der Waals surface area (Å²) in [6.07, 6.45) is -0.126. The van der Waals surface area contributed by atoms with Gasteiger partial charge in [0, 0.05) is 19.9 Å². The second-order valence-electron chi connectivity index (χ2n) is 6.38. The molecule has 2 fully saturated rings. The number of esters is 1. The van der Waals surface area contributed by atoms with Crippen LogP contribution in [0.3, 0.4) is 0 Å². The second kappa shape index (κ2) is 6.57. The topological polar surface area (TPSA) is 57.2 Å². The van der Waals surface area contributed by atoms with Gasteiger partial charge in [-0.15, -0.1) is 0 Å². The number of hydrogen-bond donors (Lipinski definition) is 0. The van der Waals surface area contributed by atoms with Crippen LogP contribution >= 0.6 is 0 Å². The van der Waals surface area contributed by atoms with Crippen LogP contribution in [0, 0.1) is 0 Å². The molecule has 0 N–H and O–H groups in total. The van der Waals surface area contributed by atoms with Gasteiger partial charge in [0.15, 0.2) is 5.79 Å². The summed E-state index contributed by atoms with van der Waals surface area (Å²) in [5.41, 5.74) is 1.12. The number of carbonyl (C=O) groups excluding carboxylic acids is 1. The first-order valence-electron chi connectivity index (χ1n) is 7.89. The fourth-order valence-electron chi connectivity index (χ4n) is 3.00. The number of nitrogens with zero attached hydrogens (tertiary/aromatic N) is 1. The minimum atomic E-state index is -0.595. The Morgan fingerprint density at radius 3 is 2.70 bits per heavy atom. The predicted molar refractivity (Wildman–Crippen MR) is 81.9 cm³/mol. The zero-order chi connectivity index (χ0) is 16.4. The zero-order valence-electron chi connectivity index (χ0n) is 13.7. The molecular formula is C17H23NO5. The van der Waals surface area contributed by atoms with E-state index in [2.05, 4.69) is 0 Å². The van der Waals surface area contributed by atoms with E-state index in [4.69, 9.17) is 19.0 Å². The molecule has 0 bridgehead atoms. The van der Waals surface area contributed by atoms with Gasteiger partial charge in [0.05, 0.1) is 12.6 Å². The number of ether oxygens (including phenoxy) is 3. The first-order valence-corrected chi connectivity index (χ1v) is 7.89. The molecule has 6 heteroatoms. The summed E-state index contributed by atoms with van der Waals surface area (Å²) >= 11 is 0. The first kappa shape index (κ1) is 16.4. The van der Waals surface area contributed by atoms with Crippen molar-refractivity contribution in [2.75, 3.05) is 6.61 Å². The minimum Gasteiger partial charge on any atom is -0.434 e. The summed E-state index contributed by atoms with van der Waals surface area (Å²) < 4.78 is 16.9. The van der Waals surface area contributed by atoms with Crippen molar-refractivity contribution in [2.24, 2.45) is 0 Å². The molecule has 3 atom stereocenters. The number of hydroxylamine groups is 2. The summed E-state index contributed by atoms with van der Waals surface area (Å²) in [5.74, 6) is -0.943. The first-order chi connectivity index (χ1) is 10.9. The van der Waals surface area contributed by atoms with Gasteiger partial charge in [-0.25, -0.2) is 0 Å². The van der Waals surface area contributed by atoms with E-state index in [0.717, 1.165) is 5.56 Å². The molecule has 0 spiro atoms. The fraction of sp³-hybridized carbons (Fsp3) is 0.588. The van der Waals surface area contributed by atoms with Crippen molar-refractivity contribution in [3.63, 3.8) is 0 Å². The van der Waals surface area contributed by atoms with Crippen molar-refractivity contribution in [1.29, 1.82) is 0 Å². The molecule has 2 aliphatic rings. The van der Waals surface area contributed by atoms with E-state index in [1.54, 1.807) is 0 Å². The van der Waals surface area contributed by atoms with Crippen LogP contribution in [0.25, 0.3) is 0 Å². The Hall–Kier alpha value is -1.47. The maximum absolute atomic E-state index is 11.2. The standard InChI is InChI=1S/C17H23NO5/c1-12(19)21-16-9-14(15-11-20-17(2,3)22-15)18(23-16)10-13-7-5-4-6-8-13/h4-8,14-16H,9-11H2,1-3H3/t14-,15-,16-/m1/s1. The van der Waals surface area contributed by atoms with Crippen molar-refractivity contribution in [3.8, 4) is 0 Å². The molecule has 2 heterocycles. The lowest BCUT2D eigenvalue weighted by molar-refractivity contribution is -0.246. The van der Waals surface area contributed by atoms with E-state index in [9.17, 15) is 4.79 Å². The molecule has 0 aromatic heterocycles. The number of hydrogen-bond acceptors (Lipinski definition) is 6. The molecule has 0 amide bonds. The van der Waals surface area contributed by atoms with Gasteiger partial charge in [0.1, 0.15) is 6.10 Å². The van der Waals surface area contributed by atoms with E-state index in [1.807, 2.05) is 49.2 Å². The van der Waals surface area contributed by atoms with Crippen molar-refractivity contribution in [3.05, 3.63) is 35.9 Å². The predicted octanol–water partition coefficient (Wildman–Crippen LogP) is 2.23. The Labute approximate surface area is 136 Å². The van der Waals surface area contributed by atoms with Crippen LogP contribution in [0.4, 0.5) is 0 Å². The number of benzene rings is 1. The van der Waals surface area contributed by atoms with Crippen LogP contribution in [0.5, 0.6) is 0 Å². The molecular weight excluding hydrogens is 298 g/mol. The third kappa shape index (κ3) is 4.09. The van der Waals surface area contributed by atoms with Gasteiger partial charge in [0.25, 0.3) is 0 Å². The summed E-state index contributed by atoms with van der Waals surface area (Å²) in [5, 5.41) is 1.85. The van der Waals surface area contributed by atoms with Crippen LogP contribution in [0.15, 0.2) is 30.3 Å². The quantitative estimate of drug-likeness (QED) is 0.793. The monoisotopic (exact) mass is 321 g/mol. The highest BCUT2D eigenvalue weighted by Crippen LogP contribution is 2.33. The molecule has 0 aliphatic carbocycles. The highest BCUT2D eigenvalue weighted by Gasteiger charge is 2.46. The molecule has 126 valence electrons. The molecule has 0 radical (unpaired) electrons. The van der Waals surface area contributed by atoms with Crippen molar-refractivity contribution in [1.82, 2.24) is 5.06 Å². The molecule has 2 saturated heterocycles. The lowest BCUT2D eigenvalue weighted by Gasteiger charge is -2.26. The van der Waals surface area contributed by atoms with Crippen LogP contribution in [-0.4, -0.2) is 41.9 Å². The highest BCUT2D eigenvalue weighted by atomic mass is 16.8. The molecule has 1 aromatic carbocycles. The second-order valence-corrected chi connectivity index (χ2v) is 6.38. The van der Waals surface area contributed by atoms with Gasteiger partial charge in [-0.1, -0.05) is 30.3 Å². The van der Waals surface area contributed by atoms with E-state index >= 15 is 0 Å². The Balaban J connectivity index is 1.72. The Morgan fingerprint density at radius 2 is 2.09 bits per heavy atom. The summed E-state index contributed by atoms with van der Waals surface area (Å²) in [6, 6.07) is 10.0. The largest absolute Gasteiger partial charge is 0.434 e. The molecule has 2 aliphatic heterocycles. The van der Waals surface area contributed by atoms with Gasteiger partial charge in [0.2, 0.25) is 6.29 Å². The van der Waals surface area contributed by atoms with Gasteiger partial charge in [-0.3, -0.25) is 9.63 Å². The number of rotatable bonds is 4. The van der Waals surface area contributed by atoms with Crippen molar-refractivity contribution >= 4 is 5.97 Å². The Morgan fingerprint density at radius 1 is 1.35 bits per heavy atom. The maximum atomic E-state index is 11.2. The van der Waals surface area contributed by atoms with E-state index in [1.165, 1.54) is 6.92 Å². The zero-order valence-corrected chi connectivity index (χ0v) is 13.7. The van der Waals surface area contributed by atoms with Crippen LogP contribution in [0.2, 0.25) is 0 Å². The SMILES string of the molecule is CC(=O)O[C@H]1C[C@H]([C@H]2COC(C)(C)O2)N(Cc2ccccc2)O1. The van der Waals surface area contributed by atoms with Crippen LogP contribution in [0.1, 0.15) is 32.8 Å². The van der Waals surface area contributed by atoms with Crippen LogP contribution < -0.4 is 0 Å². The van der Waals surface area contributed by atoms with Gasteiger partial charge in [-0.05, 0) is 19.4 Å². The number of carbonyl (C=O) groups is 1. The van der Waals surface area contributed by atoms with Crippen molar-refractivity contribution < 1.29 is 23.8 Å². The lowest BCUT2D eigenvalue weighted by atomic mass is 10.1.